The summed E-state index contributed by atoms with van der Waals surface area (Å²) >= 11 is 1.73. The van der Waals surface area contributed by atoms with Gasteiger partial charge in [0.1, 0.15) is 5.52 Å². The van der Waals surface area contributed by atoms with Crippen molar-refractivity contribution < 1.29 is 14.9 Å². The highest BCUT2D eigenvalue weighted by molar-refractivity contribution is 7.98. The van der Waals surface area contributed by atoms with Crippen LogP contribution in [0.3, 0.4) is 0 Å². The Kier molecular flexibility index (Phi) is 8.81. The van der Waals surface area contributed by atoms with Gasteiger partial charge in [0.2, 0.25) is 5.91 Å². The van der Waals surface area contributed by atoms with Gasteiger partial charge >= 0.3 is 0 Å². The number of aromatic nitrogens is 3. The number of anilines is 1. The molecule has 1 aromatic carbocycles. The first-order valence-corrected chi connectivity index (χ1v) is 14.9. The van der Waals surface area contributed by atoms with Gasteiger partial charge in [0, 0.05) is 35.7 Å². The molecule has 3 N–H and O–H groups in total. The van der Waals surface area contributed by atoms with Crippen LogP contribution in [-0.2, 0) is 11.3 Å². The molecule has 1 saturated heterocycles. The second kappa shape index (κ2) is 12.6. The molecule has 38 heavy (non-hydrogen) atoms. The molecule has 1 amide bonds. The summed E-state index contributed by atoms with van der Waals surface area (Å²) < 4.78 is 0. The number of fused-ring (bicyclic) bond motifs is 1. The molecule has 0 bridgehead atoms. The second-order valence-electron chi connectivity index (χ2n) is 10.3. The molecule has 0 unspecified atom stereocenters. The average Bonchev–Trinajstić information content (AvgIpc) is 3.48. The lowest BCUT2D eigenvalue weighted by Crippen LogP contribution is -2.40. The van der Waals surface area contributed by atoms with Crippen LogP contribution in [0.1, 0.15) is 56.2 Å². The fourth-order valence-electron chi connectivity index (χ4n) is 5.36. The van der Waals surface area contributed by atoms with Crippen LogP contribution in [0, 0.1) is 0 Å². The highest BCUT2D eigenvalue weighted by atomic mass is 32.2. The first kappa shape index (κ1) is 26.5. The van der Waals surface area contributed by atoms with Crippen molar-refractivity contribution >= 4 is 40.5 Å². The third-order valence-electron chi connectivity index (χ3n) is 7.61. The van der Waals surface area contributed by atoms with E-state index < -0.39 is 0 Å². The number of aromatic amines is 2. The minimum Gasteiger partial charge on any atom is -0.393 e. The number of hydrogen-bond acceptors (Lipinski definition) is 5. The summed E-state index contributed by atoms with van der Waals surface area (Å²) in [5.74, 6) is 1.05. The van der Waals surface area contributed by atoms with E-state index in [1.165, 1.54) is 23.3 Å². The van der Waals surface area contributed by atoms with E-state index in [9.17, 15) is 9.90 Å². The largest absolute Gasteiger partial charge is 0.393 e. The van der Waals surface area contributed by atoms with Gasteiger partial charge in [0.15, 0.2) is 0 Å². The van der Waals surface area contributed by atoms with Gasteiger partial charge in [-0.25, -0.2) is 9.97 Å². The molecule has 0 spiro atoms. The summed E-state index contributed by atoms with van der Waals surface area (Å²) in [4.78, 5) is 29.8. The molecule has 7 nitrogen and oxygen atoms in total. The van der Waals surface area contributed by atoms with E-state index in [-0.39, 0.29) is 12.0 Å². The number of imidazole rings is 1. The third-order valence-corrected chi connectivity index (χ3v) is 8.34. The number of piperidine rings is 1. The van der Waals surface area contributed by atoms with E-state index in [1.54, 1.807) is 36.4 Å². The summed E-state index contributed by atoms with van der Waals surface area (Å²) in [6.07, 6.45) is 18.2. The van der Waals surface area contributed by atoms with Crippen molar-refractivity contribution in [3.8, 4) is 0 Å². The summed E-state index contributed by atoms with van der Waals surface area (Å²) in [6, 6.07) is 8.72. The number of amides is 1. The molecule has 200 valence electrons. The van der Waals surface area contributed by atoms with Gasteiger partial charge in [0.25, 0.3) is 5.82 Å². The van der Waals surface area contributed by atoms with Crippen LogP contribution < -0.4 is 9.88 Å². The maximum Gasteiger partial charge on any atom is 0.279 e. The summed E-state index contributed by atoms with van der Waals surface area (Å²) in [7, 11) is 0. The number of carbonyl (C=O) groups is 1. The number of nitrogens with one attached hydrogen (secondary N) is 2. The van der Waals surface area contributed by atoms with Crippen molar-refractivity contribution in [1.82, 2.24) is 14.9 Å². The van der Waals surface area contributed by atoms with Crippen LogP contribution in [0.4, 0.5) is 5.82 Å². The Hall–Kier alpha value is -3.10. The van der Waals surface area contributed by atoms with Gasteiger partial charge < -0.3 is 15.0 Å². The minimum atomic E-state index is -0.243. The molecule has 3 aromatic rings. The fraction of sp³-hybridized carbons (Fsp3) is 0.433. The zero-order valence-corrected chi connectivity index (χ0v) is 23.0. The van der Waals surface area contributed by atoms with Crippen LogP contribution in [0.5, 0.6) is 0 Å². The topological polar surface area (TPSA) is 86.6 Å². The Bertz CT molecular complexity index is 1300. The van der Waals surface area contributed by atoms with Crippen LogP contribution in [0.15, 0.2) is 59.4 Å². The maximum atomic E-state index is 13.5. The number of allylic oxidation sites excluding steroid dienone is 1. The first-order chi connectivity index (χ1) is 18.6. The van der Waals surface area contributed by atoms with Gasteiger partial charge in [-0.05, 0) is 68.7 Å². The number of nitrogens with zero attached hydrogens (tertiary/aromatic N) is 3. The maximum absolute atomic E-state index is 13.5. The van der Waals surface area contributed by atoms with Crippen LogP contribution >= 0.6 is 11.8 Å². The van der Waals surface area contributed by atoms with Crippen LogP contribution in [-0.4, -0.2) is 57.9 Å². The Morgan fingerprint density at radius 2 is 2.16 bits per heavy atom. The molecular formula is C30H38N5O2S+. The molecule has 1 fully saturated rings. The number of benzene rings is 1. The Morgan fingerprint density at radius 1 is 1.29 bits per heavy atom. The summed E-state index contributed by atoms with van der Waals surface area (Å²) in [6.45, 7) is 2.78. The minimum absolute atomic E-state index is 0.00569. The first-order valence-electron chi connectivity index (χ1n) is 13.7. The Balaban J connectivity index is 1.46. The predicted octanol–water partition coefficient (Wildman–Crippen LogP) is 4.99. The zero-order valence-electron chi connectivity index (χ0n) is 22.2. The van der Waals surface area contributed by atoms with Gasteiger partial charge in [-0.1, -0.05) is 11.6 Å². The summed E-state index contributed by atoms with van der Waals surface area (Å²) in [5.41, 5.74) is 4.47. The van der Waals surface area contributed by atoms with E-state index in [2.05, 4.69) is 56.4 Å². The monoisotopic (exact) mass is 532 g/mol. The molecule has 1 aliphatic carbocycles. The normalized spacial score (nSPS) is 16.8. The van der Waals surface area contributed by atoms with Crippen molar-refractivity contribution in [2.75, 3.05) is 30.8 Å². The molecule has 2 aromatic heterocycles. The molecule has 3 heterocycles. The van der Waals surface area contributed by atoms with Crippen LogP contribution in [0.25, 0.3) is 17.0 Å². The molecular weight excluding hydrogens is 494 g/mol. The molecule has 5 rings (SSSR count). The highest BCUT2D eigenvalue weighted by Gasteiger charge is 2.28. The number of aliphatic hydroxyl groups excluding tert-OH is 1. The molecule has 0 radical (unpaired) electrons. The number of H-pyrrole nitrogens is 2. The van der Waals surface area contributed by atoms with Gasteiger partial charge in [0.05, 0.1) is 49.5 Å². The van der Waals surface area contributed by atoms with E-state index >= 15 is 0 Å². The lowest BCUT2D eigenvalue weighted by atomic mass is 9.97. The third kappa shape index (κ3) is 6.66. The van der Waals surface area contributed by atoms with Crippen molar-refractivity contribution in [1.29, 1.82) is 0 Å². The Morgan fingerprint density at radius 3 is 2.89 bits per heavy atom. The Labute approximate surface area is 229 Å². The van der Waals surface area contributed by atoms with E-state index in [0.29, 0.717) is 13.1 Å². The zero-order chi connectivity index (χ0) is 26.3. The second-order valence-corrected chi connectivity index (χ2v) is 11.2. The van der Waals surface area contributed by atoms with E-state index in [0.717, 1.165) is 73.2 Å². The highest BCUT2D eigenvalue weighted by Crippen LogP contribution is 2.28. The smallest absolute Gasteiger partial charge is 0.279 e. The molecule has 1 aliphatic heterocycles. The number of carbonyl (C=O) groups excluding carboxylic acids is 1. The van der Waals surface area contributed by atoms with Crippen molar-refractivity contribution in [2.45, 2.75) is 62.5 Å². The van der Waals surface area contributed by atoms with Crippen LogP contribution in [0.2, 0.25) is 0 Å². The average molecular weight is 533 g/mol. The molecule has 0 saturated carbocycles. The fourth-order valence-corrected chi connectivity index (χ4v) is 5.80. The standard InChI is InChI=1S/C30H37N5O2S/c1-38-27-9-7-23-17-24(30(33-28(23)18-27)34-15-12-26(36)13-16-34)20-35(14-11-22-5-3-2-4-6-22)29(37)10-8-25-19-31-21-32-25/h5,7-10,17-19,21,26,36H,2-4,6,11-16,20H2,1H3,(H,31,32)/p+1. The van der Waals surface area contributed by atoms with Gasteiger partial charge in [-0.3, -0.25) is 9.69 Å². The quantitative estimate of drug-likeness (QED) is 0.230. The summed E-state index contributed by atoms with van der Waals surface area (Å²) in [5, 5.41) is 11.3. The number of thioether (sulfide) groups is 1. The number of aliphatic hydroxyl groups is 1. The molecule has 0 atom stereocenters. The van der Waals surface area contributed by atoms with Crippen molar-refractivity contribution in [3.05, 3.63) is 65.8 Å². The molecule has 8 heteroatoms. The SMILES string of the molecule is CSc1ccc2cc(CN(CCC3=CCCCC3)C(=O)C=Cc3cnc[nH]3)c(N3CCC(O)CC3)[nH+]c2c1. The van der Waals surface area contributed by atoms with E-state index in [4.69, 9.17) is 0 Å². The lowest BCUT2D eigenvalue weighted by Gasteiger charge is -2.28. The number of hydrogen-bond donors (Lipinski definition) is 2. The van der Waals surface area contributed by atoms with Crippen molar-refractivity contribution in [2.24, 2.45) is 0 Å². The van der Waals surface area contributed by atoms with Gasteiger partial charge in [-0.2, -0.15) is 0 Å². The van der Waals surface area contributed by atoms with Gasteiger partial charge in [-0.15, -0.1) is 11.8 Å². The van der Waals surface area contributed by atoms with E-state index in [1.807, 2.05) is 4.90 Å². The lowest BCUT2D eigenvalue weighted by molar-refractivity contribution is -0.331. The predicted molar refractivity (Wildman–Crippen MR) is 154 cm³/mol. The molecule has 2 aliphatic rings. The number of rotatable bonds is 9. The number of pyridine rings is 1. The van der Waals surface area contributed by atoms with Crippen molar-refractivity contribution in [3.63, 3.8) is 0 Å².